The van der Waals surface area contributed by atoms with E-state index in [9.17, 15) is 4.79 Å². The zero-order valence-electron chi connectivity index (χ0n) is 13.4. The van der Waals surface area contributed by atoms with E-state index < -0.39 is 5.60 Å². The Labute approximate surface area is 123 Å². The molecule has 2 saturated heterocycles. The van der Waals surface area contributed by atoms with Gasteiger partial charge in [0.1, 0.15) is 5.60 Å². The van der Waals surface area contributed by atoms with E-state index >= 15 is 0 Å². The van der Waals surface area contributed by atoms with Crippen LogP contribution in [0.4, 0.5) is 4.79 Å². The van der Waals surface area contributed by atoms with Gasteiger partial charge in [-0.15, -0.1) is 0 Å². The fourth-order valence-electron chi connectivity index (χ4n) is 3.21. The molecule has 2 fully saturated rings. The monoisotopic (exact) mass is 282 g/mol. The van der Waals surface area contributed by atoms with Crippen molar-refractivity contribution in [3.05, 3.63) is 0 Å². The van der Waals surface area contributed by atoms with Crippen LogP contribution in [-0.2, 0) is 4.74 Å². The first kappa shape index (κ1) is 15.6. The Hall–Kier alpha value is -0.770. The number of piperidine rings is 2. The average molecular weight is 282 g/mol. The molecular weight excluding hydrogens is 252 g/mol. The molecule has 0 aromatic heterocycles. The summed E-state index contributed by atoms with van der Waals surface area (Å²) in [5.41, 5.74) is -0.392. The van der Waals surface area contributed by atoms with E-state index in [0.29, 0.717) is 5.92 Å². The molecule has 2 rings (SSSR count). The van der Waals surface area contributed by atoms with E-state index in [0.717, 1.165) is 26.1 Å². The minimum atomic E-state index is -0.392. The SMILES string of the molecule is CC(C)(C)OC(=O)N1CCCC(CN2CCCCC2)C1. The second-order valence-electron chi connectivity index (χ2n) is 7.30. The van der Waals surface area contributed by atoms with Crippen LogP contribution in [0, 0.1) is 5.92 Å². The molecule has 0 saturated carbocycles. The molecule has 0 aromatic carbocycles. The van der Waals surface area contributed by atoms with Gasteiger partial charge < -0.3 is 14.5 Å². The molecule has 4 nitrogen and oxygen atoms in total. The number of ether oxygens (including phenoxy) is 1. The number of hydrogen-bond donors (Lipinski definition) is 0. The van der Waals surface area contributed by atoms with E-state index in [2.05, 4.69) is 4.90 Å². The summed E-state index contributed by atoms with van der Waals surface area (Å²) in [5.74, 6) is 0.620. The van der Waals surface area contributed by atoms with Gasteiger partial charge in [0.2, 0.25) is 0 Å². The standard InChI is InChI=1S/C16H30N2O2/c1-16(2,3)20-15(19)18-11-7-8-14(13-18)12-17-9-5-4-6-10-17/h14H,4-13H2,1-3H3. The van der Waals surface area contributed by atoms with Crippen molar-refractivity contribution in [1.82, 2.24) is 9.80 Å². The van der Waals surface area contributed by atoms with Crippen LogP contribution < -0.4 is 0 Å². The van der Waals surface area contributed by atoms with Crippen molar-refractivity contribution < 1.29 is 9.53 Å². The minimum Gasteiger partial charge on any atom is -0.444 e. The quantitative estimate of drug-likeness (QED) is 0.780. The summed E-state index contributed by atoms with van der Waals surface area (Å²) in [6.07, 6.45) is 6.27. The van der Waals surface area contributed by atoms with Gasteiger partial charge in [0.25, 0.3) is 0 Å². The molecule has 1 atom stereocenters. The van der Waals surface area contributed by atoms with Gasteiger partial charge in [-0.25, -0.2) is 4.79 Å². The highest BCUT2D eigenvalue weighted by Crippen LogP contribution is 2.21. The molecule has 0 bridgehead atoms. The Morgan fingerprint density at radius 3 is 2.45 bits per heavy atom. The highest BCUT2D eigenvalue weighted by molar-refractivity contribution is 5.68. The maximum absolute atomic E-state index is 12.1. The average Bonchev–Trinajstić information content (AvgIpc) is 2.38. The van der Waals surface area contributed by atoms with E-state index in [1.54, 1.807) is 0 Å². The van der Waals surface area contributed by atoms with E-state index in [1.807, 2.05) is 25.7 Å². The van der Waals surface area contributed by atoms with Crippen molar-refractivity contribution in [1.29, 1.82) is 0 Å². The van der Waals surface area contributed by atoms with Crippen LogP contribution in [0.15, 0.2) is 0 Å². The summed E-state index contributed by atoms with van der Waals surface area (Å²) in [6.45, 7) is 11.1. The Kier molecular flexibility index (Phi) is 5.30. The molecular formula is C16H30N2O2. The highest BCUT2D eigenvalue weighted by Gasteiger charge is 2.28. The number of carbonyl (C=O) groups excluding carboxylic acids is 1. The van der Waals surface area contributed by atoms with Crippen LogP contribution in [0.25, 0.3) is 0 Å². The molecule has 0 aliphatic carbocycles. The second kappa shape index (κ2) is 6.79. The molecule has 0 aromatic rings. The molecule has 116 valence electrons. The molecule has 1 unspecified atom stereocenters. The van der Waals surface area contributed by atoms with Gasteiger partial charge in [0.15, 0.2) is 0 Å². The third-order valence-corrected chi connectivity index (χ3v) is 4.14. The summed E-state index contributed by atoms with van der Waals surface area (Å²) in [7, 11) is 0. The van der Waals surface area contributed by atoms with Gasteiger partial charge in [-0.05, 0) is 65.5 Å². The van der Waals surface area contributed by atoms with Crippen LogP contribution in [0.5, 0.6) is 0 Å². The maximum Gasteiger partial charge on any atom is 0.410 e. The lowest BCUT2D eigenvalue weighted by Gasteiger charge is -2.37. The Bertz CT molecular complexity index is 319. The van der Waals surface area contributed by atoms with E-state index in [4.69, 9.17) is 4.74 Å². The molecule has 4 heteroatoms. The fourth-order valence-corrected chi connectivity index (χ4v) is 3.21. The number of nitrogens with zero attached hydrogens (tertiary/aromatic N) is 2. The summed E-state index contributed by atoms with van der Waals surface area (Å²) in [4.78, 5) is 16.6. The van der Waals surface area contributed by atoms with Gasteiger partial charge in [0.05, 0.1) is 0 Å². The summed E-state index contributed by atoms with van der Waals surface area (Å²) < 4.78 is 5.49. The highest BCUT2D eigenvalue weighted by atomic mass is 16.6. The zero-order valence-corrected chi connectivity index (χ0v) is 13.4. The predicted molar refractivity (Wildman–Crippen MR) is 80.8 cm³/mol. The molecule has 2 aliphatic rings. The van der Waals surface area contributed by atoms with Gasteiger partial charge in [-0.1, -0.05) is 6.42 Å². The smallest absolute Gasteiger partial charge is 0.410 e. The second-order valence-corrected chi connectivity index (χ2v) is 7.30. The predicted octanol–water partition coefficient (Wildman–Crippen LogP) is 3.12. The first-order valence-corrected chi connectivity index (χ1v) is 8.14. The summed E-state index contributed by atoms with van der Waals surface area (Å²) in [5, 5.41) is 0. The zero-order chi connectivity index (χ0) is 14.6. The minimum absolute atomic E-state index is 0.138. The number of carbonyl (C=O) groups is 1. The summed E-state index contributed by atoms with van der Waals surface area (Å²) >= 11 is 0. The maximum atomic E-state index is 12.1. The third-order valence-electron chi connectivity index (χ3n) is 4.14. The lowest BCUT2D eigenvalue weighted by atomic mass is 9.96. The van der Waals surface area contributed by atoms with Crippen LogP contribution in [0.1, 0.15) is 52.9 Å². The molecule has 2 aliphatic heterocycles. The van der Waals surface area contributed by atoms with Gasteiger partial charge >= 0.3 is 6.09 Å². The van der Waals surface area contributed by atoms with Crippen molar-refractivity contribution in [2.45, 2.75) is 58.5 Å². The van der Waals surface area contributed by atoms with Gasteiger partial charge in [0, 0.05) is 19.6 Å². The third kappa shape index (κ3) is 4.97. The lowest BCUT2D eigenvalue weighted by molar-refractivity contribution is 0.0140. The van der Waals surface area contributed by atoms with Crippen LogP contribution in [0.2, 0.25) is 0 Å². The Balaban J connectivity index is 1.80. The largest absolute Gasteiger partial charge is 0.444 e. The molecule has 2 heterocycles. The lowest BCUT2D eigenvalue weighted by Crippen LogP contribution is -2.46. The van der Waals surface area contributed by atoms with E-state index in [-0.39, 0.29) is 6.09 Å². The molecule has 0 radical (unpaired) electrons. The van der Waals surface area contributed by atoms with Crippen LogP contribution >= 0.6 is 0 Å². The first-order valence-electron chi connectivity index (χ1n) is 8.14. The van der Waals surface area contributed by atoms with Crippen molar-refractivity contribution in [3.63, 3.8) is 0 Å². The Morgan fingerprint density at radius 2 is 1.80 bits per heavy atom. The fraction of sp³-hybridized carbons (Fsp3) is 0.938. The topological polar surface area (TPSA) is 32.8 Å². The van der Waals surface area contributed by atoms with Crippen molar-refractivity contribution >= 4 is 6.09 Å². The molecule has 1 amide bonds. The normalized spacial score (nSPS) is 25.6. The van der Waals surface area contributed by atoms with Crippen molar-refractivity contribution in [3.8, 4) is 0 Å². The van der Waals surface area contributed by atoms with Gasteiger partial charge in [-0.2, -0.15) is 0 Å². The Morgan fingerprint density at radius 1 is 1.10 bits per heavy atom. The van der Waals surface area contributed by atoms with Crippen LogP contribution in [-0.4, -0.2) is 54.2 Å². The molecule has 0 spiro atoms. The van der Waals surface area contributed by atoms with Crippen molar-refractivity contribution in [2.24, 2.45) is 5.92 Å². The molecule has 0 N–H and O–H groups in total. The molecule has 20 heavy (non-hydrogen) atoms. The number of amides is 1. The van der Waals surface area contributed by atoms with E-state index in [1.165, 1.54) is 38.8 Å². The van der Waals surface area contributed by atoms with Gasteiger partial charge in [-0.3, -0.25) is 0 Å². The van der Waals surface area contributed by atoms with Crippen molar-refractivity contribution in [2.75, 3.05) is 32.7 Å². The number of likely N-dealkylation sites (tertiary alicyclic amines) is 2. The first-order chi connectivity index (χ1) is 9.44. The number of rotatable bonds is 2. The van der Waals surface area contributed by atoms with Crippen LogP contribution in [0.3, 0.4) is 0 Å². The number of hydrogen-bond acceptors (Lipinski definition) is 3. The summed E-state index contributed by atoms with van der Waals surface area (Å²) in [6, 6.07) is 0.